The van der Waals surface area contributed by atoms with Crippen molar-refractivity contribution in [1.29, 1.82) is 0 Å². The van der Waals surface area contributed by atoms with Crippen LogP contribution < -0.4 is 5.32 Å². The molecule has 1 atom stereocenters. The molecule has 1 amide bonds. The van der Waals surface area contributed by atoms with E-state index in [1.54, 1.807) is 31.2 Å². The number of rotatable bonds is 5. The number of carbonyl (C=O) groups excluding carboxylic acids is 1. The molecular formula is C15H13N3O6. The van der Waals surface area contributed by atoms with Gasteiger partial charge in [0, 0.05) is 12.1 Å². The maximum absolute atomic E-state index is 11.9. The molecule has 2 rings (SSSR count). The maximum atomic E-state index is 11.9. The normalized spacial score (nSPS) is 11.4. The van der Waals surface area contributed by atoms with E-state index in [2.05, 4.69) is 5.32 Å². The molecule has 2 aromatic carbocycles. The fraction of sp³-hybridized carbons (Fsp3) is 0.133. The van der Waals surface area contributed by atoms with Crippen LogP contribution in [-0.4, -0.2) is 15.9 Å². The summed E-state index contributed by atoms with van der Waals surface area (Å²) in [7, 11) is 0. The van der Waals surface area contributed by atoms with E-state index >= 15 is 0 Å². The average molecular weight is 331 g/mol. The molecule has 0 saturated carbocycles. The number of anilines is 1. The molecule has 0 radical (unpaired) electrons. The third-order valence-electron chi connectivity index (χ3n) is 3.12. The smallest absolute Gasteiger partial charge is 0.412 e. The summed E-state index contributed by atoms with van der Waals surface area (Å²) in [6.45, 7) is 1.66. The zero-order valence-electron chi connectivity index (χ0n) is 12.5. The van der Waals surface area contributed by atoms with Crippen molar-refractivity contribution in [3.63, 3.8) is 0 Å². The molecule has 0 bridgehead atoms. The number of hydrogen-bond donors (Lipinski definition) is 1. The van der Waals surface area contributed by atoms with Crippen molar-refractivity contribution in [2.45, 2.75) is 13.0 Å². The number of nitrogens with zero attached hydrogens (tertiary/aromatic N) is 2. The Hall–Kier alpha value is -3.49. The Labute approximate surface area is 136 Å². The van der Waals surface area contributed by atoms with Gasteiger partial charge in [-0.1, -0.05) is 30.3 Å². The lowest BCUT2D eigenvalue weighted by molar-refractivity contribution is -0.394. The van der Waals surface area contributed by atoms with Crippen molar-refractivity contribution in [3.05, 3.63) is 74.3 Å². The van der Waals surface area contributed by atoms with Gasteiger partial charge in [-0.2, -0.15) is 0 Å². The molecule has 0 saturated heterocycles. The van der Waals surface area contributed by atoms with Crippen molar-refractivity contribution in [2.24, 2.45) is 0 Å². The predicted octanol–water partition coefficient (Wildman–Crippen LogP) is 3.81. The monoisotopic (exact) mass is 331 g/mol. The first-order valence-electron chi connectivity index (χ1n) is 6.83. The molecule has 9 nitrogen and oxygen atoms in total. The number of benzene rings is 2. The SMILES string of the molecule is CC(OC(=O)Nc1cc([N+](=O)[O-])cc([N+](=O)[O-])c1)c1ccccc1. The molecule has 0 aliphatic heterocycles. The minimum Gasteiger partial charge on any atom is -0.441 e. The van der Waals surface area contributed by atoms with Gasteiger partial charge in [0.2, 0.25) is 0 Å². The fourth-order valence-corrected chi connectivity index (χ4v) is 1.98. The van der Waals surface area contributed by atoms with Gasteiger partial charge in [-0.15, -0.1) is 0 Å². The lowest BCUT2D eigenvalue weighted by Crippen LogP contribution is -2.16. The van der Waals surface area contributed by atoms with Gasteiger partial charge in [0.25, 0.3) is 11.4 Å². The molecule has 24 heavy (non-hydrogen) atoms. The van der Waals surface area contributed by atoms with Crippen LogP contribution in [0.5, 0.6) is 0 Å². The van der Waals surface area contributed by atoms with E-state index in [0.717, 1.165) is 23.8 Å². The number of carbonyl (C=O) groups is 1. The van der Waals surface area contributed by atoms with Crippen molar-refractivity contribution in [2.75, 3.05) is 5.32 Å². The quantitative estimate of drug-likeness (QED) is 0.656. The Morgan fingerprint density at radius 2 is 1.58 bits per heavy atom. The number of non-ortho nitro benzene ring substituents is 2. The Morgan fingerprint density at radius 3 is 2.08 bits per heavy atom. The van der Waals surface area contributed by atoms with E-state index in [9.17, 15) is 25.0 Å². The summed E-state index contributed by atoms with van der Waals surface area (Å²) in [4.78, 5) is 32.0. The van der Waals surface area contributed by atoms with E-state index < -0.39 is 33.4 Å². The molecular weight excluding hydrogens is 318 g/mol. The van der Waals surface area contributed by atoms with Crippen LogP contribution in [0.2, 0.25) is 0 Å². The Kier molecular flexibility index (Phi) is 5.05. The average Bonchev–Trinajstić information content (AvgIpc) is 2.55. The first-order valence-corrected chi connectivity index (χ1v) is 6.83. The van der Waals surface area contributed by atoms with Crippen molar-refractivity contribution in [1.82, 2.24) is 0 Å². The third-order valence-corrected chi connectivity index (χ3v) is 3.12. The number of ether oxygens (including phenoxy) is 1. The lowest BCUT2D eigenvalue weighted by atomic mass is 10.1. The molecule has 0 spiro atoms. The van der Waals surface area contributed by atoms with Crippen LogP contribution in [-0.2, 0) is 4.74 Å². The van der Waals surface area contributed by atoms with E-state index in [-0.39, 0.29) is 5.69 Å². The molecule has 0 aromatic heterocycles. The zero-order valence-corrected chi connectivity index (χ0v) is 12.5. The third kappa shape index (κ3) is 4.26. The van der Waals surface area contributed by atoms with Crippen LogP contribution in [0.4, 0.5) is 21.9 Å². The second-order valence-electron chi connectivity index (χ2n) is 4.84. The number of nitrogens with one attached hydrogen (secondary N) is 1. The highest BCUT2D eigenvalue weighted by Gasteiger charge is 2.18. The molecule has 1 N–H and O–H groups in total. The van der Waals surface area contributed by atoms with Gasteiger partial charge in [0.1, 0.15) is 6.10 Å². The summed E-state index contributed by atoms with van der Waals surface area (Å²) in [5.41, 5.74) is -0.343. The van der Waals surface area contributed by atoms with Crippen LogP contribution >= 0.6 is 0 Å². The van der Waals surface area contributed by atoms with Gasteiger partial charge in [-0.05, 0) is 12.5 Å². The highest BCUT2D eigenvalue weighted by Crippen LogP contribution is 2.26. The summed E-state index contributed by atoms with van der Waals surface area (Å²) in [6, 6.07) is 11.8. The molecule has 0 fully saturated rings. The highest BCUT2D eigenvalue weighted by molar-refractivity contribution is 5.86. The van der Waals surface area contributed by atoms with Crippen molar-refractivity contribution in [3.8, 4) is 0 Å². The lowest BCUT2D eigenvalue weighted by Gasteiger charge is -2.14. The fourth-order valence-electron chi connectivity index (χ4n) is 1.98. The van der Waals surface area contributed by atoms with E-state index in [0.29, 0.717) is 0 Å². The first kappa shape index (κ1) is 16.9. The molecule has 2 aromatic rings. The molecule has 0 heterocycles. The van der Waals surface area contributed by atoms with Gasteiger partial charge >= 0.3 is 6.09 Å². The number of amides is 1. The number of nitro benzene ring substituents is 2. The maximum Gasteiger partial charge on any atom is 0.412 e. The molecule has 0 aliphatic rings. The summed E-state index contributed by atoms with van der Waals surface area (Å²) in [5.74, 6) is 0. The van der Waals surface area contributed by atoms with E-state index in [1.165, 1.54) is 0 Å². The minimum absolute atomic E-state index is 0.0961. The van der Waals surface area contributed by atoms with Crippen LogP contribution in [0.15, 0.2) is 48.5 Å². The predicted molar refractivity (Wildman–Crippen MR) is 84.7 cm³/mol. The van der Waals surface area contributed by atoms with Crippen LogP contribution in [0.1, 0.15) is 18.6 Å². The number of nitro groups is 2. The second kappa shape index (κ2) is 7.18. The largest absolute Gasteiger partial charge is 0.441 e. The molecule has 1 unspecified atom stereocenters. The van der Waals surface area contributed by atoms with Gasteiger partial charge in [-0.3, -0.25) is 25.5 Å². The standard InChI is InChI=1S/C15H13N3O6/c1-10(11-5-3-2-4-6-11)24-15(19)16-12-7-13(17(20)21)9-14(8-12)18(22)23/h2-10H,1H3,(H,16,19). The minimum atomic E-state index is -0.874. The van der Waals surface area contributed by atoms with Gasteiger partial charge < -0.3 is 4.74 Å². The Balaban J connectivity index is 2.13. The Morgan fingerprint density at radius 1 is 1.04 bits per heavy atom. The van der Waals surface area contributed by atoms with Crippen LogP contribution in [0.25, 0.3) is 0 Å². The first-order chi connectivity index (χ1) is 11.4. The van der Waals surface area contributed by atoms with E-state index in [1.807, 2.05) is 6.07 Å². The van der Waals surface area contributed by atoms with Crippen molar-refractivity contribution >= 4 is 23.2 Å². The van der Waals surface area contributed by atoms with Crippen LogP contribution in [0.3, 0.4) is 0 Å². The van der Waals surface area contributed by atoms with E-state index in [4.69, 9.17) is 4.74 Å². The van der Waals surface area contributed by atoms with Gasteiger partial charge in [0.05, 0.1) is 21.6 Å². The number of hydrogen-bond acceptors (Lipinski definition) is 6. The summed E-state index contributed by atoms with van der Waals surface area (Å²) in [6.07, 6.45) is -1.43. The zero-order chi connectivity index (χ0) is 17.7. The summed E-state index contributed by atoms with van der Waals surface area (Å²) in [5, 5.41) is 23.9. The van der Waals surface area contributed by atoms with Gasteiger partial charge in [-0.25, -0.2) is 4.79 Å². The second-order valence-corrected chi connectivity index (χ2v) is 4.84. The van der Waals surface area contributed by atoms with Crippen molar-refractivity contribution < 1.29 is 19.4 Å². The van der Waals surface area contributed by atoms with Gasteiger partial charge in [0.15, 0.2) is 0 Å². The molecule has 0 aliphatic carbocycles. The topological polar surface area (TPSA) is 125 Å². The highest BCUT2D eigenvalue weighted by atomic mass is 16.6. The molecule has 124 valence electrons. The summed E-state index contributed by atoms with van der Waals surface area (Å²) >= 11 is 0. The molecule has 9 heteroatoms. The van der Waals surface area contributed by atoms with Crippen LogP contribution in [0, 0.1) is 20.2 Å². The summed E-state index contributed by atoms with van der Waals surface area (Å²) < 4.78 is 5.15. The Bertz CT molecular complexity index is 746.